The second kappa shape index (κ2) is 4.84. The third kappa shape index (κ3) is 2.12. The minimum absolute atomic E-state index is 0.0911. The summed E-state index contributed by atoms with van der Waals surface area (Å²) < 4.78 is 0. The van der Waals surface area contributed by atoms with Crippen molar-refractivity contribution >= 4 is 17.2 Å². The van der Waals surface area contributed by atoms with Crippen molar-refractivity contribution in [2.45, 2.75) is 19.8 Å². The fourth-order valence-corrected chi connectivity index (χ4v) is 2.50. The van der Waals surface area contributed by atoms with E-state index in [9.17, 15) is 4.79 Å². The lowest BCUT2D eigenvalue weighted by molar-refractivity contribution is 0.0983. The Morgan fingerprint density at radius 3 is 2.84 bits per heavy atom. The molecule has 3 rings (SSSR count). The molecule has 0 aliphatic carbocycles. The lowest BCUT2D eigenvalue weighted by Gasteiger charge is -2.19. The summed E-state index contributed by atoms with van der Waals surface area (Å²) >= 11 is 0. The highest BCUT2D eigenvalue weighted by Gasteiger charge is 2.20. The molecule has 0 unspecified atom stereocenters. The maximum atomic E-state index is 11.6. The number of nitrogens with zero attached hydrogens (tertiary/aromatic N) is 2. The molecule has 1 aromatic carbocycles. The van der Waals surface area contributed by atoms with E-state index in [2.05, 4.69) is 34.1 Å². The highest BCUT2D eigenvalue weighted by Crippen LogP contribution is 2.33. The molecule has 0 N–H and O–H groups in total. The molecule has 2 aromatic rings. The SMILES string of the molecule is CCC(=O)c1ccc(N2CCc3ccccc32)cn1. The Morgan fingerprint density at radius 1 is 1.26 bits per heavy atom. The average molecular weight is 252 g/mol. The molecule has 3 heteroatoms. The summed E-state index contributed by atoms with van der Waals surface area (Å²) in [6.45, 7) is 2.83. The Labute approximate surface area is 112 Å². The van der Waals surface area contributed by atoms with Gasteiger partial charge < -0.3 is 4.90 Å². The second-order valence-electron chi connectivity index (χ2n) is 4.71. The van der Waals surface area contributed by atoms with Gasteiger partial charge in [0.05, 0.1) is 11.9 Å². The molecule has 19 heavy (non-hydrogen) atoms. The van der Waals surface area contributed by atoms with Crippen LogP contribution in [0.3, 0.4) is 0 Å². The van der Waals surface area contributed by atoms with Crippen molar-refractivity contribution in [2.75, 3.05) is 11.4 Å². The third-order valence-electron chi connectivity index (χ3n) is 3.55. The number of hydrogen-bond donors (Lipinski definition) is 0. The number of pyridine rings is 1. The third-order valence-corrected chi connectivity index (χ3v) is 3.55. The molecule has 0 bridgehead atoms. The van der Waals surface area contributed by atoms with E-state index in [1.807, 2.05) is 19.1 Å². The molecular weight excluding hydrogens is 236 g/mol. The summed E-state index contributed by atoms with van der Waals surface area (Å²) in [6, 6.07) is 12.2. The minimum Gasteiger partial charge on any atom is -0.340 e. The first kappa shape index (κ1) is 11.9. The Kier molecular flexibility index (Phi) is 3.03. The fraction of sp³-hybridized carbons (Fsp3) is 0.250. The van der Waals surface area contributed by atoms with Crippen LogP contribution in [0.4, 0.5) is 11.4 Å². The number of fused-ring (bicyclic) bond motifs is 1. The van der Waals surface area contributed by atoms with E-state index in [4.69, 9.17) is 0 Å². The summed E-state index contributed by atoms with van der Waals surface area (Å²) in [6.07, 6.45) is 3.36. The number of benzene rings is 1. The number of rotatable bonds is 3. The van der Waals surface area contributed by atoms with Crippen LogP contribution in [0.1, 0.15) is 29.4 Å². The van der Waals surface area contributed by atoms with Crippen LogP contribution in [0.25, 0.3) is 0 Å². The first-order chi connectivity index (χ1) is 9.29. The molecule has 1 aliphatic heterocycles. The molecule has 2 heterocycles. The molecule has 1 aliphatic rings. The molecular formula is C16H16N2O. The summed E-state index contributed by atoms with van der Waals surface area (Å²) in [5, 5.41) is 0. The van der Waals surface area contributed by atoms with Crippen molar-refractivity contribution in [1.82, 2.24) is 4.98 Å². The Hall–Kier alpha value is -2.16. The maximum absolute atomic E-state index is 11.6. The molecule has 0 fully saturated rings. The molecule has 0 saturated heterocycles. The first-order valence-electron chi connectivity index (χ1n) is 6.64. The number of carbonyl (C=O) groups is 1. The Morgan fingerprint density at radius 2 is 2.11 bits per heavy atom. The average Bonchev–Trinajstić information content (AvgIpc) is 2.90. The molecule has 96 valence electrons. The van der Waals surface area contributed by atoms with Gasteiger partial charge in [0.1, 0.15) is 5.69 Å². The van der Waals surface area contributed by atoms with Crippen LogP contribution in [0.2, 0.25) is 0 Å². The van der Waals surface area contributed by atoms with Gasteiger partial charge in [0, 0.05) is 18.7 Å². The Balaban J connectivity index is 1.90. The number of carbonyl (C=O) groups excluding carboxylic acids is 1. The van der Waals surface area contributed by atoms with Gasteiger partial charge in [-0.25, -0.2) is 0 Å². The van der Waals surface area contributed by atoms with Gasteiger partial charge in [-0.2, -0.15) is 0 Å². The molecule has 0 atom stereocenters. The quantitative estimate of drug-likeness (QED) is 0.785. The van der Waals surface area contributed by atoms with Crippen LogP contribution < -0.4 is 4.90 Å². The standard InChI is InChI=1S/C16H16N2O/c1-2-16(19)14-8-7-13(11-17-14)18-10-9-12-5-3-4-6-15(12)18/h3-8,11H,2,9-10H2,1H3. The molecule has 3 nitrogen and oxygen atoms in total. The van der Waals surface area contributed by atoms with Crippen molar-refractivity contribution in [2.24, 2.45) is 0 Å². The van der Waals surface area contributed by atoms with Gasteiger partial charge in [-0.1, -0.05) is 25.1 Å². The number of ketones is 1. The molecule has 0 saturated carbocycles. The highest BCUT2D eigenvalue weighted by atomic mass is 16.1. The van der Waals surface area contributed by atoms with Crippen molar-refractivity contribution < 1.29 is 4.79 Å². The lowest BCUT2D eigenvalue weighted by atomic mass is 10.2. The zero-order valence-electron chi connectivity index (χ0n) is 11.0. The van der Waals surface area contributed by atoms with E-state index in [1.54, 1.807) is 6.20 Å². The van der Waals surface area contributed by atoms with Crippen LogP contribution in [0, 0.1) is 0 Å². The van der Waals surface area contributed by atoms with E-state index in [0.717, 1.165) is 18.7 Å². The van der Waals surface area contributed by atoms with E-state index >= 15 is 0 Å². The Bertz CT molecular complexity index is 604. The summed E-state index contributed by atoms with van der Waals surface area (Å²) in [4.78, 5) is 18.1. The number of para-hydroxylation sites is 1. The smallest absolute Gasteiger partial charge is 0.180 e. The topological polar surface area (TPSA) is 33.2 Å². The zero-order chi connectivity index (χ0) is 13.2. The van der Waals surface area contributed by atoms with Crippen LogP contribution in [-0.2, 0) is 6.42 Å². The summed E-state index contributed by atoms with van der Waals surface area (Å²) in [7, 11) is 0. The zero-order valence-corrected chi connectivity index (χ0v) is 11.0. The van der Waals surface area contributed by atoms with E-state index in [-0.39, 0.29) is 5.78 Å². The van der Waals surface area contributed by atoms with Crippen molar-refractivity contribution in [3.63, 3.8) is 0 Å². The van der Waals surface area contributed by atoms with Gasteiger partial charge in [0.15, 0.2) is 5.78 Å². The van der Waals surface area contributed by atoms with Crippen molar-refractivity contribution in [3.05, 3.63) is 53.9 Å². The second-order valence-corrected chi connectivity index (χ2v) is 4.71. The lowest BCUT2D eigenvalue weighted by Crippen LogP contribution is -2.14. The molecule has 0 amide bonds. The monoisotopic (exact) mass is 252 g/mol. The predicted octanol–water partition coefficient (Wildman–Crippen LogP) is 3.37. The van der Waals surface area contributed by atoms with Gasteiger partial charge in [-0.05, 0) is 30.2 Å². The van der Waals surface area contributed by atoms with Gasteiger partial charge in [0.2, 0.25) is 0 Å². The maximum Gasteiger partial charge on any atom is 0.180 e. The minimum atomic E-state index is 0.0911. The van der Waals surface area contributed by atoms with E-state index in [0.29, 0.717) is 12.1 Å². The van der Waals surface area contributed by atoms with Gasteiger partial charge in [0.25, 0.3) is 0 Å². The summed E-state index contributed by atoms with van der Waals surface area (Å²) in [5.41, 5.74) is 4.23. The highest BCUT2D eigenvalue weighted by molar-refractivity contribution is 5.94. The van der Waals surface area contributed by atoms with Crippen molar-refractivity contribution in [3.8, 4) is 0 Å². The van der Waals surface area contributed by atoms with Gasteiger partial charge >= 0.3 is 0 Å². The van der Waals surface area contributed by atoms with Gasteiger partial charge in [-0.3, -0.25) is 9.78 Å². The molecule has 0 radical (unpaired) electrons. The summed E-state index contributed by atoms with van der Waals surface area (Å²) in [5.74, 6) is 0.0911. The largest absolute Gasteiger partial charge is 0.340 e. The van der Waals surface area contributed by atoms with Gasteiger partial charge in [-0.15, -0.1) is 0 Å². The first-order valence-corrected chi connectivity index (χ1v) is 6.64. The predicted molar refractivity (Wildman–Crippen MR) is 76.0 cm³/mol. The molecule has 0 spiro atoms. The fourth-order valence-electron chi connectivity index (χ4n) is 2.50. The van der Waals surface area contributed by atoms with Crippen LogP contribution in [-0.4, -0.2) is 17.3 Å². The van der Waals surface area contributed by atoms with Crippen molar-refractivity contribution in [1.29, 1.82) is 0 Å². The van der Waals surface area contributed by atoms with E-state index < -0.39 is 0 Å². The van der Waals surface area contributed by atoms with Crippen LogP contribution >= 0.6 is 0 Å². The number of hydrogen-bond acceptors (Lipinski definition) is 3. The number of aromatic nitrogens is 1. The van der Waals surface area contributed by atoms with E-state index in [1.165, 1.54) is 11.3 Å². The molecule has 1 aromatic heterocycles. The number of Topliss-reactive ketones (excluding diaryl/α,β-unsaturated/α-hetero) is 1. The van der Waals surface area contributed by atoms with Crippen LogP contribution in [0.15, 0.2) is 42.6 Å². The van der Waals surface area contributed by atoms with Crippen LogP contribution in [0.5, 0.6) is 0 Å². The normalized spacial score (nSPS) is 13.4. The number of anilines is 2.